The molecule has 0 aliphatic carbocycles. The zero-order valence-corrected chi connectivity index (χ0v) is 12.0. The molecule has 0 bridgehead atoms. The highest BCUT2D eigenvalue weighted by molar-refractivity contribution is 5.83. The van der Waals surface area contributed by atoms with E-state index in [-0.39, 0.29) is 0 Å². The Labute approximate surface area is 119 Å². The van der Waals surface area contributed by atoms with Gasteiger partial charge in [0.25, 0.3) is 0 Å². The second-order valence-electron chi connectivity index (χ2n) is 5.13. The highest BCUT2D eigenvalue weighted by Gasteiger charge is 2.04. The fraction of sp³-hybridized carbons (Fsp3) is 0.167. The first-order chi connectivity index (χ1) is 9.65. The number of ether oxygens (including phenoxy) is 1. The van der Waals surface area contributed by atoms with Crippen molar-refractivity contribution in [1.82, 2.24) is 4.98 Å². The van der Waals surface area contributed by atoms with E-state index in [0.717, 1.165) is 27.9 Å². The average Bonchev–Trinajstić information content (AvgIpc) is 2.45. The quantitative estimate of drug-likeness (QED) is 0.677. The Balaban J connectivity index is 2.16. The number of nitrogens with zero attached hydrogens (tertiary/aromatic N) is 1. The molecule has 0 atom stereocenters. The van der Waals surface area contributed by atoms with Gasteiger partial charge in [-0.1, -0.05) is 23.3 Å². The first kappa shape index (κ1) is 12.7. The fourth-order valence-corrected chi connectivity index (χ4v) is 2.51. The molecule has 0 spiro atoms. The van der Waals surface area contributed by atoms with Crippen LogP contribution in [-0.2, 0) is 0 Å². The third-order valence-corrected chi connectivity index (χ3v) is 3.42. The molecule has 2 nitrogen and oxygen atoms in total. The maximum absolute atomic E-state index is 5.27. The molecule has 20 heavy (non-hydrogen) atoms. The normalized spacial score (nSPS) is 10.8. The summed E-state index contributed by atoms with van der Waals surface area (Å²) in [6.45, 7) is 4.22. The lowest BCUT2D eigenvalue weighted by Crippen LogP contribution is -1.89. The van der Waals surface area contributed by atoms with E-state index in [1.165, 1.54) is 11.1 Å². The lowest BCUT2D eigenvalue weighted by Gasteiger charge is -2.07. The maximum Gasteiger partial charge on any atom is 0.121 e. The number of fused-ring (bicyclic) bond motifs is 1. The van der Waals surface area contributed by atoms with Gasteiger partial charge in [-0.3, -0.25) is 0 Å². The van der Waals surface area contributed by atoms with Gasteiger partial charge in [0.15, 0.2) is 0 Å². The van der Waals surface area contributed by atoms with Crippen LogP contribution in [0.15, 0.2) is 48.5 Å². The third kappa shape index (κ3) is 2.37. The number of aryl methyl sites for hydroxylation is 2. The molecule has 2 heteroatoms. The molecule has 0 amide bonds. The highest BCUT2D eigenvalue weighted by atomic mass is 16.5. The zero-order chi connectivity index (χ0) is 14.1. The van der Waals surface area contributed by atoms with Gasteiger partial charge in [0.1, 0.15) is 5.75 Å². The van der Waals surface area contributed by atoms with Gasteiger partial charge < -0.3 is 4.74 Å². The van der Waals surface area contributed by atoms with Crippen molar-refractivity contribution in [1.29, 1.82) is 0 Å². The summed E-state index contributed by atoms with van der Waals surface area (Å²) in [6.07, 6.45) is 0. The summed E-state index contributed by atoms with van der Waals surface area (Å²) in [5.41, 5.74) is 5.63. The topological polar surface area (TPSA) is 22.1 Å². The maximum atomic E-state index is 5.27. The molecule has 2 aromatic carbocycles. The molecule has 0 unspecified atom stereocenters. The summed E-state index contributed by atoms with van der Waals surface area (Å²) in [5.74, 6) is 0.836. The van der Waals surface area contributed by atoms with Crippen molar-refractivity contribution in [2.24, 2.45) is 0 Å². The van der Waals surface area contributed by atoms with Gasteiger partial charge in [-0.25, -0.2) is 4.98 Å². The molecule has 3 aromatic rings. The number of benzene rings is 2. The molecule has 3 rings (SSSR count). The lowest BCUT2D eigenvalue weighted by atomic mass is 10.0. The second-order valence-corrected chi connectivity index (χ2v) is 5.13. The summed E-state index contributed by atoms with van der Waals surface area (Å²) in [7, 11) is 1.68. The van der Waals surface area contributed by atoms with Crippen LogP contribution in [0, 0.1) is 13.8 Å². The van der Waals surface area contributed by atoms with Gasteiger partial charge in [-0.2, -0.15) is 0 Å². The van der Waals surface area contributed by atoms with Crippen LogP contribution in [0.4, 0.5) is 0 Å². The van der Waals surface area contributed by atoms with E-state index in [9.17, 15) is 0 Å². The van der Waals surface area contributed by atoms with Crippen molar-refractivity contribution in [3.05, 3.63) is 59.7 Å². The van der Waals surface area contributed by atoms with Crippen molar-refractivity contribution < 1.29 is 4.74 Å². The van der Waals surface area contributed by atoms with Crippen molar-refractivity contribution in [2.45, 2.75) is 13.8 Å². The summed E-state index contributed by atoms with van der Waals surface area (Å²) in [5, 5.41) is 1.12. The predicted octanol–water partition coefficient (Wildman–Crippen LogP) is 4.53. The summed E-state index contributed by atoms with van der Waals surface area (Å²) in [6, 6.07) is 16.7. The summed E-state index contributed by atoms with van der Waals surface area (Å²) >= 11 is 0. The largest absolute Gasteiger partial charge is 0.497 e. The molecular weight excluding hydrogens is 246 g/mol. The minimum atomic E-state index is 0.836. The summed E-state index contributed by atoms with van der Waals surface area (Å²) < 4.78 is 5.27. The van der Waals surface area contributed by atoms with Crippen molar-refractivity contribution in [2.75, 3.05) is 7.11 Å². The number of hydrogen-bond acceptors (Lipinski definition) is 2. The fourth-order valence-electron chi connectivity index (χ4n) is 2.51. The summed E-state index contributed by atoms with van der Waals surface area (Å²) in [4.78, 5) is 4.76. The molecule has 0 N–H and O–H groups in total. The molecule has 1 heterocycles. The molecule has 0 aliphatic rings. The van der Waals surface area contributed by atoms with Gasteiger partial charge in [-0.05, 0) is 44.2 Å². The van der Waals surface area contributed by atoms with Gasteiger partial charge >= 0.3 is 0 Å². The van der Waals surface area contributed by atoms with Gasteiger partial charge in [0, 0.05) is 17.0 Å². The highest BCUT2D eigenvalue weighted by Crippen LogP contribution is 2.25. The van der Waals surface area contributed by atoms with Crippen molar-refractivity contribution >= 4 is 10.9 Å². The van der Waals surface area contributed by atoms with Crippen LogP contribution in [0.3, 0.4) is 0 Å². The molecular formula is C18H17NO. The molecule has 0 aliphatic heterocycles. The van der Waals surface area contributed by atoms with Crippen LogP contribution in [0.1, 0.15) is 11.1 Å². The van der Waals surface area contributed by atoms with E-state index in [0.29, 0.717) is 0 Å². The smallest absolute Gasteiger partial charge is 0.121 e. The average molecular weight is 263 g/mol. The van der Waals surface area contributed by atoms with E-state index in [1.807, 2.05) is 18.2 Å². The van der Waals surface area contributed by atoms with E-state index in [1.54, 1.807) is 7.11 Å². The third-order valence-electron chi connectivity index (χ3n) is 3.42. The van der Waals surface area contributed by atoms with Gasteiger partial charge in [0.05, 0.1) is 18.3 Å². The van der Waals surface area contributed by atoms with Gasteiger partial charge in [-0.15, -0.1) is 0 Å². The zero-order valence-electron chi connectivity index (χ0n) is 12.0. The number of aromatic nitrogens is 1. The Kier molecular flexibility index (Phi) is 3.15. The second kappa shape index (κ2) is 4.97. The SMILES string of the molecule is COc1ccc2ccc(-c3cc(C)cc(C)c3)nc2c1. The van der Waals surface area contributed by atoms with Gasteiger partial charge in [0.2, 0.25) is 0 Å². The Morgan fingerprint density at radius 1 is 0.850 bits per heavy atom. The minimum Gasteiger partial charge on any atom is -0.497 e. The molecule has 1 aromatic heterocycles. The Bertz CT molecular complexity index is 757. The first-order valence-electron chi connectivity index (χ1n) is 6.69. The predicted molar refractivity (Wildman–Crippen MR) is 83.2 cm³/mol. The molecule has 0 fully saturated rings. The van der Waals surface area contributed by atoms with E-state index in [2.05, 4.69) is 44.2 Å². The van der Waals surface area contributed by atoms with E-state index in [4.69, 9.17) is 9.72 Å². The number of pyridine rings is 1. The van der Waals surface area contributed by atoms with E-state index >= 15 is 0 Å². The van der Waals surface area contributed by atoms with Crippen LogP contribution in [0.5, 0.6) is 5.75 Å². The molecule has 100 valence electrons. The first-order valence-corrected chi connectivity index (χ1v) is 6.69. The van der Waals surface area contributed by atoms with Crippen LogP contribution in [-0.4, -0.2) is 12.1 Å². The Morgan fingerprint density at radius 3 is 2.25 bits per heavy atom. The number of methoxy groups -OCH3 is 1. The number of hydrogen-bond donors (Lipinski definition) is 0. The molecule has 0 saturated heterocycles. The minimum absolute atomic E-state index is 0.836. The molecule has 0 radical (unpaired) electrons. The number of rotatable bonds is 2. The molecule has 0 saturated carbocycles. The Hall–Kier alpha value is -2.35. The van der Waals surface area contributed by atoms with Crippen LogP contribution in [0.2, 0.25) is 0 Å². The standard InChI is InChI=1S/C18H17NO/c1-12-8-13(2)10-15(9-12)17-7-5-14-4-6-16(20-3)11-18(14)19-17/h4-11H,1-3H3. The van der Waals surface area contributed by atoms with Crippen LogP contribution >= 0.6 is 0 Å². The lowest BCUT2D eigenvalue weighted by molar-refractivity contribution is 0.415. The monoisotopic (exact) mass is 263 g/mol. The Morgan fingerprint density at radius 2 is 1.55 bits per heavy atom. The van der Waals surface area contributed by atoms with Crippen molar-refractivity contribution in [3.8, 4) is 17.0 Å². The van der Waals surface area contributed by atoms with E-state index < -0.39 is 0 Å². The van der Waals surface area contributed by atoms with Crippen LogP contribution in [0.25, 0.3) is 22.2 Å². The van der Waals surface area contributed by atoms with Crippen LogP contribution < -0.4 is 4.74 Å². The van der Waals surface area contributed by atoms with Crippen molar-refractivity contribution in [3.63, 3.8) is 0 Å².